The number of benzene rings is 1. The van der Waals surface area contributed by atoms with Crippen molar-refractivity contribution >= 4 is 28.8 Å². The van der Waals surface area contributed by atoms with E-state index in [0.717, 1.165) is 25.7 Å². The number of carbonyl (C=O) groups is 2. The van der Waals surface area contributed by atoms with Crippen LogP contribution in [0, 0.1) is 11.3 Å². The smallest absolute Gasteiger partial charge is 0.313 e. The van der Waals surface area contributed by atoms with Gasteiger partial charge in [0.05, 0.1) is 11.3 Å². The van der Waals surface area contributed by atoms with Gasteiger partial charge in [-0.15, -0.1) is 11.3 Å². The van der Waals surface area contributed by atoms with Crippen molar-refractivity contribution in [1.29, 1.82) is 5.26 Å². The van der Waals surface area contributed by atoms with Crippen LogP contribution in [0.25, 0.3) is 0 Å². The molecule has 0 saturated heterocycles. The van der Waals surface area contributed by atoms with E-state index in [0.29, 0.717) is 17.8 Å². The molecule has 1 aliphatic carbocycles. The van der Waals surface area contributed by atoms with Gasteiger partial charge in [0.1, 0.15) is 6.07 Å². The number of nitriles is 1. The number of nitrogens with one attached hydrogen (secondary N) is 2. The predicted octanol–water partition coefficient (Wildman–Crippen LogP) is 3.19. The highest BCUT2D eigenvalue weighted by Crippen LogP contribution is 2.42. The molecule has 1 aromatic carbocycles. The number of nitrogens with zero attached hydrogens (tertiary/aromatic N) is 1. The summed E-state index contributed by atoms with van der Waals surface area (Å²) in [4.78, 5) is 25.6. The fraction of sp³-hybridized carbons (Fsp3) is 0.316. The third-order valence-corrected chi connectivity index (χ3v) is 5.81. The van der Waals surface area contributed by atoms with E-state index in [-0.39, 0.29) is 5.41 Å². The lowest BCUT2D eigenvalue weighted by molar-refractivity contribution is -0.136. The van der Waals surface area contributed by atoms with Gasteiger partial charge in [-0.3, -0.25) is 9.59 Å². The minimum atomic E-state index is -0.748. The normalized spacial score (nSPS) is 15.3. The molecule has 5 nitrogen and oxygen atoms in total. The standard InChI is InChI=1S/C19H19N3O2S/c20-12-14-6-1-2-7-15(14)22-18(24)17(23)21-13-19(9-3-4-10-19)16-8-5-11-25-16/h1-2,5-8,11H,3-4,9-10,13H2,(H,21,23)(H,22,24). The van der Waals surface area contributed by atoms with Gasteiger partial charge in [-0.05, 0) is 36.4 Å². The number of hydrogen-bond donors (Lipinski definition) is 2. The number of amides is 2. The van der Waals surface area contributed by atoms with Gasteiger partial charge in [-0.25, -0.2) is 0 Å². The van der Waals surface area contributed by atoms with Crippen LogP contribution in [0.15, 0.2) is 41.8 Å². The molecule has 0 atom stereocenters. The maximum atomic E-state index is 12.2. The quantitative estimate of drug-likeness (QED) is 0.828. The minimum absolute atomic E-state index is 0.0608. The summed E-state index contributed by atoms with van der Waals surface area (Å²) in [6.07, 6.45) is 4.31. The van der Waals surface area contributed by atoms with Gasteiger partial charge in [0.15, 0.2) is 0 Å². The summed E-state index contributed by atoms with van der Waals surface area (Å²) in [5, 5.41) is 16.4. The molecular formula is C19H19N3O2S. The number of rotatable bonds is 4. The molecule has 1 saturated carbocycles. The first kappa shape index (κ1) is 17.2. The number of para-hydroxylation sites is 1. The predicted molar refractivity (Wildman–Crippen MR) is 97.3 cm³/mol. The van der Waals surface area contributed by atoms with Crippen LogP contribution in [-0.2, 0) is 15.0 Å². The fourth-order valence-electron chi connectivity index (χ4n) is 3.34. The number of thiophene rings is 1. The van der Waals surface area contributed by atoms with Crippen LogP contribution in [0.3, 0.4) is 0 Å². The second-order valence-electron chi connectivity index (χ2n) is 6.26. The third-order valence-electron chi connectivity index (χ3n) is 4.69. The van der Waals surface area contributed by atoms with Gasteiger partial charge >= 0.3 is 11.8 Å². The maximum Gasteiger partial charge on any atom is 0.313 e. The molecule has 2 aromatic rings. The Morgan fingerprint density at radius 3 is 2.56 bits per heavy atom. The lowest BCUT2D eigenvalue weighted by Gasteiger charge is -2.28. The van der Waals surface area contributed by atoms with Gasteiger partial charge in [-0.1, -0.05) is 31.0 Å². The van der Waals surface area contributed by atoms with Gasteiger partial charge in [-0.2, -0.15) is 5.26 Å². The highest BCUT2D eigenvalue weighted by atomic mass is 32.1. The van der Waals surface area contributed by atoms with E-state index < -0.39 is 11.8 Å². The molecule has 1 heterocycles. The SMILES string of the molecule is N#Cc1ccccc1NC(=O)C(=O)NCC1(c2cccs2)CCCC1. The molecule has 2 amide bonds. The summed E-state index contributed by atoms with van der Waals surface area (Å²) >= 11 is 1.70. The highest BCUT2D eigenvalue weighted by molar-refractivity contribution is 7.10. The first-order valence-corrected chi connectivity index (χ1v) is 9.15. The van der Waals surface area contributed by atoms with Gasteiger partial charge < -0.3 is 10.6 Å². The van der Waals surface area contributed by atoms with Crippen molar-refractivity contribution in [2.45, 2.75) is 31.1 Å². The number of carbonyl (C=O) groups excluding carboxylic acids is 2. The zero-order valence-corrected chi connectivity index (χ0v) is 14.6. The van der Waals surface area contributed by atoms with Crippen molar-refractivity contribution in [2.75, 3.05) is 11.9 Å². The monoisotopic (exact) mass is 353 g/mol. The molecule has 0 radical (unpaired) electrons. The van der Waals surface area contributed by atoms with Crippen LogP contribution < -0.4 is 10.6 Å². The Balaban J connectivity index is 1.64. The minimum Gasteiger partial charge on any atom is -0.347 e. The number of hydrogen-bond acceptors (Lipinski definition) is 4. The summed E-state index contributed by atoms with van der Waals surface area (Å²) in [6.45, 7) is 0.458. The van der Waals surface area contributed by atoms with Gasteiger partial charge in [0.25, 0.3) is 0 Å². The first-order valence-electron chi connectivity index (χ1n) is 8.27. The van der Waals surface area contributed by atoms with Crippen molar-refractivity contribution in [3.05, 3.63) is 52.2 Å². The Morgan fingerprint density at radius 2 is 1.88 bits per heavy atom. The molecule has 1 fully saturated rings. The summed E-state index contributed by atoms with van der Waals surface area (Å²) in [6, 6.07) is 12.7. The van der Waals surface area contributed by atoms with Crippen LogP contribution in [0.2, 0.25) is 0 Å². The molecule has 0 bridgehead atoms. The Hall–Kier alpha value is -2.65. The Morgan fingerprint density at radius 1 is 1.12 bits per heavy atom. The largest absolute Gasteiger partial charge is 0.347 e. The van der Waals surface area contributed by atoms with E-state index in [1.54, 1.807) is 35.6 Å². The lowest BCUT2D eigenvalue weighted by atomic mass is 9.84. The van der Waals surface area contributed by atoms with E-state index in [1.807, 2.05) is 17.5 Å². The van der Waals surface area contributed by atoms with Gasteiger partial charge in [0.2, 0.25) is 0 Å². The zero-order valence-electron chi connectivity index (χ0n) is 13.7. The van der Waals surface area contributed by atoms with Crippen molar-refractivity contribution in [1.82, 2.24) is 5.32 Å². The maximum absolute atomic E-state index is 12.2. The topological polar surface area (TPSA) is 82.0 Å². The van der Waals surface area contributed by atoms with Crippen molar-refractivity contribution in [3.8, 4) is 6.07 Å². The van der Waals surface area contributed by atoms with Crippen LogP contribution in [0.5, 0.6) is 0 Å². The Labute approximate surface area is 150 Å². The molecule has 0 spiro atoms. The first-order chi connectivity index (χ1) is 12.1. The average molecular weight is 353 g/mol. The molecule has 0 aliphatic heterocycles. The van der Waals surface area contributed by atoms with E-state index in [4.69, 9.17) is 5.26 Å². The molecule has 25 heavy (non-hydrogen) atoms. The molecule has 2 N–H and O–H groups in total. The van der Waals surface area contributed by atoms with Crippen molar-refractivity contribution in [3.63, 3.8) is 0 Å². The van der Waals surface area contributed by atoms with Crippen LogP contribution in [0.4, 0.5) is 5.69 Å². The fourth-order valence-corrected chi connectivity index (χ4v) is 4.33. The number of anilines is 1. The van der Waals surface area contributed by atoms with Crippen LogP contribution in [0.1, 0.15) is 36.1 Å². The second-order valence-corrected chi connectivity index (χ2v) is 7.21. The molecule has 1 aromatic heterocycles. The Bertz CT molecular complexity index is 802. The molecular weight excluding hydrogens is 334 g/mol. The molecule has 0 unspecified atom stereocenters. The third kappa shape index (κ3) is 3.72. The Kier molecular flexibility index (Phi) is 5.15. The molecule has 3 rings (SSSR count). The second kappa shape index (κ2) is 7.49. The van der Waals surface area contributed by atoms with E-state index in [9.17, 15) is 9.59 Å². The zero-order chi connectivity index (χ0) is 17.7. The van der Waals surface area contributed by atoms with Crippen LogP contribution >= 0.6 is 11.3 Å². The van der Waals surface area contributed by atoms with E-state index in [1.165, 1.54) is 4.88 Å². The molecule has 6 heteroatoms. The summed E-state index contributed by atoms with van der Waals surface area (Å²) in [5.41, 5.74) is 0.614. The van der Waals surface area contributed by atoms with E-state index >= 15 is 0 Å². The molecule has 1 aliphatic rings. The average Bonchev–Trinajstić information content (AvgIpc) is 3.32. The summed E-state index contributed by atoms with van der Waals surface area (Å²) in [7, 11) is 0. The lowest BCUT2D eigenvalue weighted by Crippen LogP contribution is -2.43. The summed E-state index contributed by atoms with van der Waals surface area (Å²) < 4.78 is 0. The summed E-state index contributed by atoms with van der Waals surface area (Å²) in [5.74, 6) is -1.42. The van der Waals surface area contributed by atoms with Gasteiger partial charge in [0, 0.05) is 16.8 Å². The van der Waals surface area contributed by atoms with E-state index in [2.05, 4.69) is 16.7 Å². The van der Waals surface area contributed by atoms with Crippen molar-refractivity contribution in [2.24, 2.45) is 0 Å². The molecule has 128 valence electrons. The van der Waals surface area contributed by atoms with Crippen molar-refractivity contribution < 1.29 is 9.59 Å². The van der Waals surface area contributed by atoms with Crippen LogP contribution in [-0.4, -0.2) is 18.4 Å². The highest BCUT2D eigenvalue weighted by Gasteiger charge is 2.37.